The Bertz CT molecular complexity index is 2160. The smallest absolute Gasteiger partial charge is 0.229 e. The van der Waals surface area contributed by atoms with Crippen molar-refractivity contribution in [3.8, 4) is 33.9 Å². The van der Waals surface area contributed by atoms with E-state index in [0.717, 1.165) is 16.5 Å². The summed E-state index contributed by atoms with van der Waals surface area (Å²) >= 11 is 0. The number of amides is 1. The van der Waals surface area contributed by atoms with Gasteiger partial charge < -0.3 is 10.3 Å². The van der Waals surface area contributed by atoms with Gasteiger partial charge in [-0.25, -0.2) is 17.8 Å². The van der Waals surface area contributed by atoms with Crippen LogP contribution in [0.15, 0.2) is 67.1 Å². The van der Waals surface area contributed by atoms with Crippen molar-refractivity contribution in [2.45, 2.75) is 27.2 Å². The molecule has 0 aliphatic rings. The summed E-state index contributed by atoms with van der Waals surface area (Å²) in [5, 5.41) is 11.2. The molecular weight excluding hydrogens is 581 g/mol. The number of aryl methyl sites for hydroxylation is 1. The fourth-order valence-corrected chi connectivity index (χ4v) is 5.46. The Balaban J connectivity index is 1.37. The number of anilines is 1. The van der Waals surface area contributed by atoms with Crippen molar-refractivity contribution in [1.82, 2.24) is 30.1 Å². The van der Waals surface area contributed by atoms with Gasteiger partial charge in [0.1, 0.15) is 21.3 Å². The average molecular weight is 612 g/mol. The van der Waals surface area contributed by atoms with E-state index in [1.54, 1.807) is 24.7 Å². The number of carbonyl (C=O) groups is 1. The second-order valence-electron chi connectivity index (χ2n) is 11.9. The van der Waals surface area contributed by atoms with Crippen LogP contribution in [0.4, 0.5) is 10.1 Å². The molecule has 6 rings (SSSR count). The SMILES string of the molecule is CC(C)(C)C(=O)Nc1cncc(-c2cc3c(-c4nc5c(-c6cc(F)cc(CCS(C)(=O)=O)c6)cccc5[nH]4)n[nH]c3cn2)c1. The van der Waals surface area contributed by atoms with Crippen molar-refractivity contribution in [3.05, 3.63) is 78.5 Å². The Labute approximate surface area is 253 Å². The maximum absolute atomic E-state index is 14.6. The molecule has 0 spiro atoms. The molecule has 0 unspecified atom stereocenters. The monoisotopic (exact) mass is 611 g/mol. The maximum Gasteiger partial charge on any atom is 0.229 e. The number of nitrogens with zero attached hydrogens (tertiary/aromatic N) is 4. The summed E-state index contributed by atoms with van der Waals surface area (Å²) in [4.78, 5) is 29.5. The number of imidazole rings is 1. The minimum Gasteiger partial charge on any atom is -0.337 e. The minimum atomic E-state index is -3.19. The maximum atomic E-state index is 14.6. The van der Waals surface area contributed by atoms with Crippen molar-refractivity contribution in [2.24, 2.45) is 5.41 Å². The van der Waals surface area contributed by atoms with Crippen molar-refractivity contribution in [2.75, 3.05) is 17.3 Å². The average Bonchev–Trinajstić information content (AvgIpc) is 3.59. The first-order valence-electron chi connectivity index (χ1n) is 13.9. The van der Waals surface area contributed by atoms with E-state index in [0.29, 0.717) is 50.6 Å². The highest BCUT2D eigenvalue weighted by Gasteiger charge is 2.22. The summed E-state index contributed by atoms with van der Waals surface area (Å²) in [7, 11) is -3.19. The molecule has 3 N–H and O–H groups in total. The first-order chi connectivity index (χ1) is 20.8. The largest absolute Gasteiger partial charge is 0.337 e. The van der Waals surface area contributed by atoms with Gasteiger partial charge in [0.05, 0.1) is 46.1 Å². The van der Waals surface area contributed by atoms with E-state index in [1.165, 1.54) is 18.4 Å². The second-order valence-corrected chi connectivity index (χ2v) is 14.1. The fraction of sp³-hybridized carbons (Fsp3) is 0.219. The van der Waals surface area contributed by atoms with E-state index in [9.17, 15) is 17.6 Å². The van der Waals surface area contributed by atoms with E-state index in [1.807, 2.05) is 51.1 Å². The molecule has 0 fully saturated rings. The van der Waals surface area contributed by atoms with Gasteiger partial charge in [0.2, 0.25) is 5.91 Å². The molecule has 6 aromatic rings. The molecule has 4 aromatic heterocycles. The van der Waals surface area contributed by atoms with Gasteiger partial charge in [0.25, 0.3) is 0 Å². The predicted molar refractivity (Wildman–Crippen MR) is 169 cm³/mol. The number of benzene rings is 2. The Hall–Kier alpha value is -4.97. The van der Waals surface area contributed by atoms with E-state index in [2.05, 4.69) is 30.5 Å². The van der Waals surface area contributed by atoms with Crippen LogP contribution in [0.2, 0.25) is 0 Å². The molecule has 2 aromatic carbocycles. The number of para-hydroxylation sites is 1. The minimum absolute atomic E-state index is 0.0678. The second kappa shape index (κ2) is 10.9. The number of aromatic nitrogens is 6. The zero-order chi connectivity index (χ0) is 31.2. The molecule has 224 valence electrons. The molecule has 0 radical (unpaired) electrons. The number of carbonyl (C=O) groups excluding carboxylic acids is 1. The zero-order valence-corrected chi connectivity index (χ0v) is 25.4. The number of nitrogens with one attached hydrogen (secondary N) is 3. The van der Waals surface area contributed by atoms with E-state index in [4.69, 9.17) is 4.98 Å². The summed E-state index contributed by atoms with van der Waals surface area (Å²) in [6.07, 6.45) is 6.33. The van der Waals surface area contributed by atoms with Crippen LogP contribution >= 0.6 is 0 Å². The third-order valence-corrected chi connectivity index (χ3v) is 8.13. The number of sulfone groups is 1. The lowest BCUT2D eigenvalue weighted by Gasteiger charge is -2.17. The quantitative estimate of drug-likeness (QED) is 0.202. The van der Waals surface area contributed by atoms with E-state index < -0.39 is 21.1 Å². The van der Waals surface area contributed by atoms with Crippen LogP contribution < -0.4 is 5.32 Å². The number of rotatable bonds is 7. The summed E-state index contributed by atoms with van der Waals surface area (Å²) in [6.45, 7) is 5.52. The summed E-state index contributed by atoms with van der Waals surface area (Å²) in [5.74, 6) is -0.131. The highest BCUT2D eigenvalue weighted by molar-refractivity contribution is 7.90. The standard InChI is InChI=1S/C32H30FN7O3S/c1-32(2,3)31(41)36-22-13-20(15-34-16-22)26-14-24-27(17-35-26)39-40-29(24)30-37-25-7-5-6-23(28(25)38-30)19-10-18(11-21(33)12-19)8-9-44(4,42)43/h5-7,10-17H,8-9H2,1-4H3,(H,36,41)(H,37,38)(H,39,40). The van der Waals surface area contributed by atoms with Crippen molar-refractivity contribution < 1.29 is 17.6 Å². The first-order valence-corrected chi connectivity index (χ1v) is 16.0. The van der Waals surface area contributed by atoms with Gasteiger partial charge in [-0.2, -0.15) is 5.10 Å². The van der Waals surface area contributed by atoms with Gasteiger partial charge in [0, 0.05) is 34.4 Å². The molecule has 0 bridgehead atoms. The molecule has 0 aliphatic heterocycles. The number of hydrogen-bond acceptors (Lipinski definition) is 7. The molecule has 10 nitrogen and oxygen atoms in total. The molecule has 1 amide bonds. The first kappa shape index (κ1) is 29.1. The van der Waals surface area contributed by atoms with Gasteiger partial charge >= 0.3 is 0 Å². The van der Waals surface area contributed by atoms with Crippen LogP contribution in [0.1, 0.15) is 26.3 Å². The van der Waals surface area contributed by atoms with Crippen LogP contribution in [0, 0.1) is 11.2 Å². The van der Waals surface area contributed by atoms with Crippen LogP contribution in [-0.2, 0) is 21.1 Å². The van der Waals surface area contributed by atoms with Crippen LogP contribution in [0.25, 0.3) is 55.8 Å². The normalized spacial score (nSPS) is 12.2. The van der Waals surface area contributed by atoms with Crippen molar-refractivity contribution in [1.29, 1.82) is 0 Å². The Morgan fingerprint density at radius 3 is 2.59 bits per heavy atom. The summed E-state index contributed by atoms with van der Waals surface area (Å²) < 4.78 is 38.0. The highest BCUT2D eigenvalue weighted by Crippen LogP contribution is 2.33. The van der Waals surface area contributed by atoms with Gasteiger partial charge in [0.15, 0.2) is 5.82 Å². The molecule has 12 heteroatoms. The number of hydrogen-bond donors (Lipinski definition) is 3. The van der Waals surface area contributed by atoms with E-state index >= 15 is 0 Å². The highest BCUT2D eigenvalue weighted by atomic mass is 32.2. The Kier molecular flexibility index (Phi) is 7.24. The van der Waals surface area contributed by atoms with Gasteiger partial charge in [-0.15, -0.1) is 0 Å². The van der Waals surface area contributed by atoms with Crippen molar-refractivity contribution >= 4 is 43.4 Å². The van der Waals surface area contributed by atoms with Gasteiger partial charge in [-0.1, -0.05) is 39.0 Å². The molecule has 4 heterocycles. The Morgan fingerprint density at radius 1 is 1.00 bits per heavy atom. The lowest BCUT2D eigenvalue weighted by atomic mass is 9.95. The zero-order valence-electron chi connectivity index (χ0n) is 24.6. The summed E-state index contributed by atoms with van der Waals surface area (Å²) in [5.41, 5.74) is 5.89. The van der Waals surface area contributed by atoms with Gasteiger partial charge in [-0.05, 0) is 47.9 Å². The molecule has 0 saturated carbocycles. The number of aromatic amines is 2. The lowest BCUT2D eigenvalue weighted by Crippen LogP contribution is -2.27. The molecule has 0 aliphatic carbocycles. The number of fused-ring (bicyclic) bond motifs is 2. The predicted octanol–water partition coefficient (Wildman–Crippen LogP) is 5.94. The fourth-order valence-electron chi connectivity index (χ4n) is 4.85. The van der Waals surface area contributed by atoms with Crippen LogP contribution in [0.3, 0.4) is 0 Å². The number of pyridine rings is 2. The molecule has 44 heavy (non-hydrogen) atoms. The van der Waals surface area contributed by atoms with Gasteiger partial charge in [-0.3, -0.25) is 19.9 Å². The van der Waals surface area contributed by atoms with Crippen LogP contribution in [0.5, 0.6) is 0 Å². The van der Waals surface area contributed by atoms with Crippen LogP contribution in [-0.4, -0.2) is 56.5 Å². The lowest BCUT2D eigenvalue weighted by molar-refractivity contribution is -0.123. The van der Waals surface area contributed by atoms with Crippen molar-refractivity contribution in [3.63, 3.8) is 0 Å². The topological polar surface area (TPSA) is 146 Å². The molecule has 0 atom stereocenters. The number of H-pyrrole nitrogens is 2. The third-order valence-electron chi connectivity index (χ3n) is 7.19. The third kappa shape index (κ3) is 6.06. The molecular formula is C32H30FN7O3S. The number of halogens is 1. The Morgan fingerprint density at radius 2 is 1.82 bits per heavy atom. The van der Waals surface area contributed by atoms with E-state index in [-0.39, 0.29) is 18.1 Å². The summed E-state index contributed by atoms with van der Waals surface area (Å²) in [6, 6.07) is 13.9. The molecule has 0 saturated heterocycles.